The topological polar surface area (TPSA) is 26.3 Å². The molecule has 0 saturated carbocycles. The molecule has 0 unspecified atom stereocenters. The van der Waals surface area contributed by atoms with Crippen LogP contribution in [-0.4, -0.2) is 19.5 Å². The number of aldehydes is 1. The Kier molecular flexibility index (Phi) is 18.1. The van der Waals surface area contributed by atoms with Gasteiger partial charge in [0.15, 0.2) is 0 Å². The van der Waals surface area contributed by atoms with Gasteiger partial charge in [0.2, 0.25) is 0 Å². The maximum absolute atomic E-state index is 9.59. The summed E-state index contributed by atoms with van der Waals surface area (Å²) >= 11 is 0. The fourth-order valence-electron chi connectivity index (χ4n) is 0.829. The van der Waals surface area contributed by atoms with E-state index < -0.39 is 0 Å². The van der Waals surface area contributed by atoms with Crippen molar-refractivity contribution in [1.82, 2.24) is 0 Å². The fourth-order valence-corrected chi connectivity index (χ4v) is 0.829. The van der Waals surface area contributed by atoms with Crippen LogP contribution in [0.4, 0.5) is 0 Å². The maximum atomic E-state index is 9.59. The molecule has 3 heteroatoms. The van der Waals surface area contributed by atoms with Crippen molar-refractivity contribution in [3.63, 3.8) is 0 Å². The van der Waals surface area contributed by atoms with Gasteiger partial charge < -0.3 is 6.16 Å². The summed E-state index contributed by atoms with van der Waals surface area (Å²) in [5, 5.41) is 0. The summed E-state index contributed by atoms with van der Waals surface area (Å²) in [4.78, 5) is 9.59. The van der Waals surface area contributed by atoms with Crippen LogP contribution < -0.4 is 29.6 Å². The summed E-state index contributed by atoms with van der Waals surface area (Å²) in [6, 6.07) is 0. The molecule has 1 rings (SSSR count). The number of ether oxygens (including phenoxy) is 1. The van der Waals surface area contributed by atoms with Crippen molar-refractivity contribution in [2.75, 3.05) is 13.2 Å². The SMILES string of the molecule is C1CCOC1.CCCC=CC=O.[H-].[Na+]. The zero-order valence-electron chi connectivity index (χ0n) is 9.79. The van der Waals surface area contributed by atoms with Crippen LogP contribution in [0, 0.1) is 0 Å². The van der Waals surface area contributed by atoms with Crippen molar-refractivity contribution in [1.29, 1.82) is 0 Å². The Morgan fingerprint density at radius 3 is 2.31 bits per heavy atom. The molecule has 1 saturated heterocycles. The summed E-state index contributed by atoms with van der Waals surface area (Å²) in [5.41, 5.74) is 0. The smallest absolute Gasteiger partial charge is 1.00 e. The first-order chi connectivity index (χ1) is 5.91. The molecule has 0 radical (unpaired) electrons. The first-order valence-corrected chi connectivity index (χ1v) is 4.60. The van der Waals surface area contributed by atoms with E-state index in [2.05, 4.69) is 6.92 Å². The van der Waals surface area contributed by atoms with Crippen LogP contribution in [0.2, 0.25) is 0 Å². The minimum absolute atomic E-state index is 0. The number of hydrogen-bond acceptors (Lipinski definition) is 2. The molecular weight excluding hydrogens is 175 g/mol. The second-order valence-corrected chi connectivity index (χ2v) is 2.67. The Morgan fingerprint density at radius 1 is 1.38 bits per heavy atom. The summed E-state index contributed by atoms with van der Waals surface area (Å²) in [7, 11) is 0. The normalized spacial score (nSPS) is 14.5. The van der Waals surface area contributed by atoms with Crippen LogP contribution >= 0.6 is 0 Å². The van der Waals surface area contributed by atoms with Gasteiger partial charge in [0.05, 0.1) is 0 Å². The molecule has 0 bridgehead atoms. The molecular formula is C10H19NaO2. The molecule has 0 aromatic rings. The van der Waals surface area contributed by atoms with Crippen molar-refractivity contribution < 1.29 is 40.5 Å². The van der Waals surface area contributed by atoms with Gasteiger partial charge in [-0.05, 0) is 25.3 Å². The van der Waals surface area contributed by atoms with E-state index in [-0.39, 0.29) is 31.0 Å². The van der Waals surface area contributed by atoms with Crippen LogP contribution in [0.25, 0.3) is 0 Å². The van der Waals surface area contributed by atoms with E-state index in [0.717, 1.165) is 32.3 Å². The molecule has 0 aliphatic carbocycles. The van der Waals surface area contributed by atoms with Gasteiger partial charge in [-0.1, -0.05) is 19.4 Å². The number of hydrogen-bond donors (Lipinski definition) is 0. The average molecular weight is 194 g/mol. The predicted octanol–water partition coefficient (Wildman–Crippen LogP) is -0.545. The summed E-state index contributed by atoms with van der Waals surface area (Å²) in [6.45, 7) is 4.08. The molecule has 13 heavy (non-hydrogen) atoms. The van der Waals surface area contributed by atoms with Gasteiger partial charge in [0, 0.05) is 13.2 Å². The van der Waals surface area contributed by atoms with Gasteiger partial charge >= 0.3 is 29.6 Å². The fraction of sp³-hybridized carbons (Fsp3) is 0.700. The number of carbonyl (C=O) groups is 1. The van der Waals surface area contributed by atoms with Crippen molar-refractivity contribution in [2.24, 2.45) is 0 Å². The van der Waals surface area contributed by atoms with Gasteiger partial charge in [-0.3, -0.25) is 4.79 Å². The van der Waals surface area contributed by atoms with E-state index in [1.54, 1.807) is 0 Å². The molecule has 0 aromatic carbocycles. The van der Waals surface area contributed by atoms with E-state index >= 15 is 0 Å². The second-order valence-electron chi connectivity index (χ2n) is 2.67. The largest absolute Gasteiger partial charge is 1.00 e. The molecule has 1 heterocycles. The summed E-state index contributed by atoms with van der Waals surface area (Å²) < 4.78 is 4.94. The molecule has 2 nitrogen and oxygen atoms in total. The molecule has 72 valence electrons. The van der Waals surface area contributed by atoms with E-state index in [1.165, 1.54) is 18.9 Å². The first kappa shape index (κ1) is 15.8. The van der Waals surface area contributed by atoms with Crippen LogP contribution in [0.15, 0.2) is 12.2 Å². The summed E-state index contributed by atoms with van der Waals surface area (Å²) in [6.07, 6.45) is 8.88. The zero-order chi connectivity index (χ0) is 9.07. The monoisotopic (exact) mass is 194 g/mol. The Balaban J connectivity index is -0.000000155. The predicted molar refractivity (Wildman–Crippen MR) is 51.3 cm³/mol. The van der Waals surface area contributed by atoms with Crippen molar-refractivity contribution in [2.45, 2.75) is 32.6 Å². The van der Waals surface area contributed by atoms with Crippen molar-refractivity contribution in [3.8, 4) is 0 Å². The molecule has 0 aromatic heterocycles. The van der Waals surface area contributed by atoms with E-state index in [1.807, 2.05) is 6.08 Å². The quantitative estimate of drug-likeness (QED) is 0.342. The molecule has 1 aliphatic rings. The molecule has 1 fully saturated rings. The second kappa shape index (κ2) is 14.9. The standard InChI is InChI=1S/C6H10O.C4H8O.Na.H/c1-2-3-4-5-6-7;1-2-4-5-3-1;;/h4-6H,2-3H2,1H3;1-4H2;;/q;;+1;-1. The third-order valence-electron chi connectivity index (χ3n) is 1.50. The van der Waals surface area contributed by atoms with Crippen LogP contribution in [0.5, 0.6) is 0 Å². The van der Waals surface area contributed by atoms with Gasteiger partial charge in [0.1, 0.15) is 6.29 Å². The van der Waals surface area contributed by atoms with Crippen LogP contribution in [0.3, 0.4) is 0 Å². The van der Waals surface area contributed by atoms with E-state index in [0.29, 0.717) is 0 Å². The third-order valence-corrected chi connectivity index (χ3v) is 1.50. The Morgan fingerprint density at radius 2 is 2.00 bits per heavy atom. The minimum Gasteiger partial charge on any atom is -1.00 e. The molecule has 0 N–H and O–H groups in total. The average Bonchev–Trinajstić information content (AvgIpc) is 2.62. The molecule has 0 atom stereocenters. The van der Waals surface area contributed by atoms with E-state index in [9.17, 15) is 4.79 Å². The van der Waals surface area contributed by atoms with Crippen molar-refractivity contribution in [3.05, 3.63) is 12.2 Å². The Bertz CT molecular complexity index is 118. The zero-order valence-corrected chi connectivity index (χ0v) is 10.8. The number of allylic oxidation sites excluding steroid dienone is 2. The van der Waals surface area contributed by atoms with Gasteiger partial charge in [-0.25, -0.2) is 0 Å². The number of carbonyl (C=O) groups excluding carboxylic acids is 1. The Labute approximate surface area is 105 Å². The Hall–Kier alpha value is 0.370. The third kappa shape index (κ3) is 15.2. The molecule has 0 amide bonds. The van der Waals surface area contributed by atoms with Gasteiger partial charge in [-0.15, -0.1) is 0 Å². The van der Waals surface area contributed by atoms with Crippen LogP contribution in [-0.2, 0) is 9.53 Å². The minimum atomic E-state index is 0. The van der Waals surface area contributed by atoms with E-state index in [4.69, 9.17) is 4.74 Å². The van der Waals surface area contributed by atoms with Crippen LogP contribution in [0.1, 0.15) is 34.0 Å². The van der Waals surface area contributed by atoms with Gasteiger partial charge in [-0.2, -0.15) is 0 Å². The first-order valence-electron chi connectivity index (χ1n) is 4.60. The number of rotatable bonds is 3. The maximum Gasteiger partial charge on any atom is 1.00 e. The van der Waals surface area contributed by atoms with Gasteiger partial charge in [0.25, 0.3) is 0 Å². The van der Waals surface area contributed by atoms with Crippen molar-refractivity contribution >= 4 is 6.29 Å². The molecule has 1 aliphatic heterocycles. The number of unbranched alkanes of at least 4 members (excludes halogenated alkanes) is 1. The molecule has 0 spiro atoms. The summed E-state index contributed by atoms with van der Waals surface area (Å²) in [5.74, 6) is 0.